The molecule has 0 unspecified atom stereocenters. The number of hydrogen-bond acceptors (Lipinski definition) is 5. The average Bonchev–Trinajstić information content (AvgIpc) is 3.24. The van der Waals surface area contributed by atoms with E-state index in [0.29, 0.717) is 12.4 Å². The third kappa shape index (κ3) is 14.7. The summed E-state index contributed by atoms with van der Waals surface area (Å²) in [7, 11) is 0. The predicted octanol–water partition coefficient (Wildman–Crippen LogP) is 7.96. The van der Waals surface area contributed by atoms with Crippen LogP contribution in [0.1, 0.15) is 115 Å². The van der Waals surface area contributed by atoms with Crippen LogP contribution in [-0.4, -0.2) is 42.9 Å². The van der Waals surface area contributed by atoms with E-state index in [9.17, 15) is 4.79 Å². The number of furan rings is 1. The number of carbonyl (C=O) groups excluding carboxylic acids is 1. The quantitative estimate of drug-likeness (QED) is 0.107. The Hall–Kier alpha value is -0.940. The highest BCUT2D eigenvalue weighted by atomic mass is 32.2. The van der Waals surface area contributed by atoms with Gasteiger partial charge >= 0.3 is 5.97 Å². The van der Waals surface area contributed by atoms with Crippen LogP contribution in [0.2, 0.25) is 0 Å². The molecule has 1 aromatic rings. The molecule has 0 bridgehead atoms. The van der Waals surface area contributed by atoms with Crippen LogP contribution in [0.3, 0.4) is 0 Å². The number of hydrogen-bond donors (Lipinski definition) is 0. The fraction of sp³-hybridized carbons (Fsp3) is 0.808. The zero-order valence-electron chi connectivity index (χ0n) is 20.5. The molecule has 0 saturated heterocycles. The van der Waals surface area contributed by atoms with Gasteiger partial charge in [-0.15, -0.1) is 11.8 Å². The van der Waals surface area contributed by atoms with Gasteiger partial charge in [0.15, 0.2) is 0 Å². The molecule has 0 aliphatic heterocycles. The van der Waals surface area contributed by atoms with E-state index >= 15 is 0 Å². The molecule has 0 N–H and O–H groups in total. The summed E-state index contributed by atoms with van der Waals surface area (Å²) in [4.78, 5) is 15.6. The minimum atomic E-state index is -0.344. The molecular formula is C26H47NO3S. The van der Waals surface area contributed by atoms with Crippen LogP contribution in [0, 0.1) is 0 Å². The fourth-order valence-corrected chi connectivity index (χ4v) is 4.66. The van der Waals surface area contributed by atoms with Crippen molar-refractivity contribution in [3.63, 3.8) is 0 Å². The van der Waals surface area contributed by atoms with Crippen LogP contribution in [0.4, 0.5) is 0 Å². The van der Waals surface area contributed by atoms with Gasteiger partial charge in [-0.05, 0) is 44.5 Å². The van der Waals surface area contributed by atoms with Gasteiger partial charge in [0.25, 0.3) is 0 Å². The maximum Gasteiger partial charge on any atom is 0.374 e. The molecule has 180 valence electrons. The Morgan fingerprint density at radius 1 is 0.839 bits per heavy atom. The lowest BCUT2D eigenvalue weighted by molar-refractivity contribution is 0.0452. The van der Waals surface area contributed by atoms with Crippen molar-refractivity contribution < 1.29 is 13.9 Å². The second kappa shape index (κ2) is 19.7. The number of esters is 1. The van der Waals surface area contributed by atoms with E-state index < -0.39 is 0 Å². The molecule has 1 rings (SSSR count). The van der Waals surface area contributed by atoms with Crippen LogP contribution >= 0.6 is 11.8 Å². The Morgan fingerprint density at radius 2 is 1.45 bits per heavy atom. The summed E-state index contributed by atoms with van der Waals surface area (Å²) in [5.41, 5.74) is 0. The summed E-state index contributed by atoms with van der Waals surface area (Å²) in [6, 6.07) is 1.82. The monoisotopic (exact) mass is 453 g/mol. The van der Waals surface area contributed by atoms with Crippen molar-refractivity contribution in [2.45, 2.75) is 109 Å². The number of thioether (sulfide) groups is 1. The van der Waals surface area contributed by atoms with Crippen LogP contribution in [0.5, 0.6) is 0 Å². The Balaban J connectivity index is 2.07. The van der Waals surface area contributed by atoms with Crippen molar-refractivity contribution in [2.75, 3.05) is 32.0 Å². The first kappa shape index (κ1) is 28.1. The normalized spacial score (nSPS) is 11.4. The molecular weight excluding hydrogens is 406 g/mol. The molecule has 0 spiro atoms. The summed E-state index contributed by atoms with van der Waals surface area (Å²) in [5.74, 6) is 1.06. The molecule has 0 aromatic carbocycles. The molecule has 31 heavy (non-hydrogen) atoms. The van der Waals surface area contributed by atoms with E-state index in [-0.39, 0.29) is 5.97 Å². The molecule has 1 heterocycles. The Morgan fingerprint density at radius 3 is 2.06 bits per heavy atom. The second-order valence-corrected chi connectivity index (χ2v) is 9.68. The highest BCUT2D eigenvalue weighted by molar-refractivity contribution is 7.99. The van der Waals surface area contributed by atoms with Crippen LogP contribution < -0.4 is 0 Å². The third-order valence-corrected chi connectivity index (χ3v) is 6.51. The standard InChI is InChI=1S/C26H47NO3S/c1-4-7-8-9-10-11-12-13-14-15-21-31-24-22-25(30-23-24)26(28)29-20-16-19-27(17-5-2)18-6-3/h22-23H,4-21H2,1-3H3. The van der Waals surface area contributed by atoms with Gasteiger partial charge in [0.1, 0.15) is 6.26 Å². The molecule has 5 heteroatoms. The van der Waals surface area contributed by atoms with Crippen LogP contribution in [0.15, 0.2) is 21.6 Å². The predicted molar refractivity (Wildman–Crippen MR) is 133 cm³/mol. The van der Waals surface area contributed by atoms with E-state index in [1.165, 1.54) is 64.2 Å². The molecule has 0 radical (unpaired) electrons. The highest BCUT2D eigenvalue weighted by Gasteiger charge is 2.13. The first-order valence-electron chi connectivity index (χ1n) is 12.8. The molecule has 0 fully saturated rings. The van der Waals surface area contributed by atoms with E-state index in [4.69, 9.17) is 9.15 Å². The topological polar surface area (TPSA) is 42.7 Å². The number of carbonyl (C=O) groups is 1. The molecule has 0 atom stereocenters. The molecule has 0 aliphatic rings. The Bertz CT molecular complexity index is 541. The van der Waals surface area contributed by atoms with E-state index in [1.54, 1.807) is 18.0 Å². The molecule has 4 nitrogen and oxygen atoms in total. The average molecular weight is 454 g/mol. The van der Waals surface area contributed by atoms with E-state index in [2.05, 4.69) is 25.7 Å². The van der Waals surface area contributed by atoms with Gasteiger partial charge in [-0.3, -0.25) is 0 Å². The van der Waals surface area contributed by atoms with Gasteiger partial charge in [-0.1, -0.05) is 78.6 Å². The summed E-state index contributed by atoms with van der Waals surface area (Å²) < 4.78 is 10.8. The van der Waals surface area contributed by atoms with Gasteiger partial charge in [-0.2, -0.15) is 0 Å². The summed E-state index contributed by atoms with van der Waals surface area (Å²) in [5, 5.41) is 0. The van der Waals surface area contributed by atoms with Crippen molar-refractivity contribution in [1.29, 1.82) is 0 Å². The van der Waals surface area contributed by atoms with Crippen molar-refractivity contribution >= 4 is 17.7 Å². The maximum absolute atomic E-state index is 12.2. The lowest BCUT2D eigenvalue weighted by atomic mass is 10.1. The van der Waals surface area contributed by atoms with Crippen molar-refractivity contribution in [2.24, 2.45) is 0 Å². The molecule has 0 aliphatic carbocycles. The Labute approximate surface area is 195 Å². The van der Waals surface area contributed by atoms with Crippen LogP contribution in [0.25, 0.3) is 0 Å². The zero-order chi connectivity index (χ0) is 22.6. The minimum Gasteiger partial charge on any atom is -0.460 e. The van der Waals surface area contributed by atoms with Gasteiger partial charge in [0.2, 0.25) is 5.76 Å². The largest absolute Gasteiger partial charge is 0.460 e. The molecule has 1 aromatic heterocycles. The lowest BCUT2D eigenvalue weighted by Crippen LogP contribution is -2.27. The highest BCUT2D eigenvalue weighted by Crippen LogP contribution is 2.23. The van der Waals surface area contributed by atoms with E-state index in [1.807, 2.05) is 6.07 Å². The number of rotatable bonds is 21. The first-order valence-corrected chi connectivity index (χ1v) is 13.8. The van der Waals surface area contributed by atoms with Crippen LogP contribution in [-0.2, 0) is 4.74 Å². The number of ether oxygens (including phenoxy) is 1. The molecule has 0 saturated carbocycles. The molecule has 0 amide bonds. The Kier molecular flexibility index (Phi) is 17.9. The van der Waals surface area contributed by atoms with Crippen molar-refractivity contribution in [3.8, 4) is 0 Å². The summed E-state index contributed by atoms with van der Waals surface area (Å²) >= 11 is 1.77. The SMILES string of the molecule is CCCCCCCCCCCCSc1coc(C(=O)OCCCN(CCC)CCC)c1. The van der Waals surface area contributed by atoms with Gasteiger partial charge in [0.05, 0.1) is 6.61 Å². The lowest BCUT2D eigenvalue weighted by Gasteiger charge is -2.20. The van der Waals surface area contributed by atoms with Crippen molar-refractivity contribution in [3.05, 3.63) is 18.1 Å². The number of unbranched alkanes of at least 4 members (excludes halogenated alkanes) is 9. The first-order chi connectivity index (χ1) is 15.2. The summed E-state index contributed by atoms with van der Waals surface area (Å²) in [6.45, 7) is 10.3. The van der Waals surface area contributed by atoms with Gasteiger partial charge in [-0.25, -0.2) is 4.79 Å². The second-order valence-electron chi connectivity index (χ2n) is 8.51. The smallest absolute Gasteiger partial charge is 0.374 e. The zero-order valence-corrected chi connectivity index (χ0v) is 21.3. The minimum absolute atomic E-state index is 0.324. The maximum atomic E-state index is 12.2. The van der Waals surface area contributed by atoms with Gasteiger partial charge in [0, 0.05) is 17.5 Å². The van der Waals surface area contributed by atoms with E-state index in [0.717, 1.165) is 49.5 Å². The fourth-order valence-electron chi connectivity index (χ4n) is 3.77. The van der Waals surface area contributed by atoms with Gasteiger partial charge < -0.3 is 14.1 Å². The summed E-state index contributed by atoms with van der Waals surface area (Å²) in [6.07, 6.45) is 18.4. The number of nitrogens with zero attached hydrogens (tertiary/aromatic N) is 1. The third-order valence-electron chi connectivity index (χ3n) is 5.47. The van der Waals surface area contributed by atoms with Crippen molar-refractivity contribution in [1.82, 2.24) is 4.90 Å².